The minimum atomic E-state index is -0.185. The van der Waals surface area contributed by atoms with Crippen molar-refractivity contribution in [3.05, 3.63) is 82.7 Å². The van der Waals surface area contributed by atoms with Gasteiger partial charge in [-0.15, -0.1) is 0 Å². The van der Waals surface area contributed by atoms with Gasteiger partial charge in [0.25, 0.3) is 5.56 Å². The number of hydrogen-bond acceptors (Lipinski definition) is 8. The van der Waals surface area contributed by atoms with Gasteiger partial charge in [-0.3, -0.25) is 9.36 Å². The molecule has 4 aromatic heterocycles. The van der Waals surface area contributed by atoms with Crippen LogP contribution in [0.25, 0.3) is 28.1 Å². The molecule has 0 radical (unpaired) electrons. The van der Waals surface area contributed by atoms with E-state index < -0.39 is 0 Å². The number of oxazole rings is 1. The average molecular weight is 451 g/mol. The van der Waals surface area contributed by atoms with Gasteiger partial charge in [-0.05, 0) is 35.1 Å². The lowest BCUT2D eigenvalue weighted by Crippen LogP contribution is -2.22. The number of benzene rings is 1. The van der Waals surface area contributed by atoms with Gasteiger partial charge in [-0.2, -0.15) is 4.98 Å². The van der Waals surface area contributed by atoms with Crippen LogP contribution in [0.3, 0.4) is 0 Å². The second kappa shape index (κ2) is 5.96. The SMILES string of the molecule is Cn1cnc2ncn(Cc3nc([C@]45C6=C(c7cccc(-c8cnco8)c7)C[C@@H]4[C@H]65)no3)c(=O)c21. The number of aryl methyl sites for hydroxylation is 1. The van der Waals surface area contributed by atoms with Crippen LogP contribution in [0.4, 0.5) is 0 Å². The fourth-order valence-electron chi connectivity index (χ4n) is 5.92. The number of hydrogen-bond donors (Lipinski definition) is 0. The Morgan fingerprint density at radius 1 is 1.21 bits per heavy atom. The molecule has 10 nitrogen and oxygen atoms in total. The Labute approximate surface area is 191 Å². The molecule has 2 fully saturated rings. The zero-order chi connectivity index (χ0) is 22.6. The Balaban J connectivity index is 1.10. The summed E-state index contributed by atoms with van der Waals surface area (Å²) in [6.45, 7) is 0.177. The van der Waals surface area contributed by atoms with Crippen LogP contribution in [0.1, 0.15) is 23.7 Å². The monoisotopic (exact) mass is 451 g/mol. The van der Waals surface area contributed by atoms with E-state index >= 15 is 0 Å². The first-order valence-electron chi connectivity index (χ1n) is 11.1. The van der Waals surface area contributed by atoms with E-state index in [1.165, 1.54) is 34.0 Å². The van der Waals surface area contributed by atoms with E-state index in [1.54, 1.807) is 24.1 Å². The zero-order valence-electron chi connectivity index (χ0n) is 18.0. The van der Waals surface area contributed by atoms with E-state index in [-0.39, 0.29) is 17.5 Å². The summed E-state index contributed by atoms with van der Waals surface area (Å²) in [6.07, 6.45) is 7.25. The molecule has 0 spiro atoms. The molecular weight excluding hydrogens is 434 g/mol. The van der Waals surface area contributed by atoms with E-state index in [0.717, 1.165) is 23.6 Å². The van der Waals surface area contributed by atoms with Crippen LogP contribution < -0.4 is 5.56 Å². The molecule has 2 bridgehead atoms. The molecule has 9 rings (SSSR count). The minimum Gasteiger partial charge on any atom is -0.444 e. The second-order valence-electron chi connectivity index (χ2n) is 9.21. The molecule has 0 aliphatic heterocycles. The first-order valence-corrected chi connectivity index (χ1v) is 11.1. The normalized spacial score (nSPS) is 24.1. The molecule has 0 saturated heterocycles. The molecule has 0 amide bonds. The average Bonchev–Trinajstić information content (AvgIpc) is 3.38. The van der Waals surface area contributed by atoms with Crippen LogP contribution in [0.15, 0.2) is 68.8 Å². The largest absolute Gasteiger partial charge is 0.444 e. The molecule has 4 aliphatic carbocycles. The number of allylic oxidation sites excluding steroid dienone is 2. The lowest BCUT2D eigenvalue weighted by molar-refractivity contribution is 0.363. The standard InChI is InChI=1S/C24H17N7O3/c1-30-9-26-21-20(30)22(32)31(10-27-21)8-17-28-23(29-34-17)24-15-6-14(18(24)19(15)24)12-3-2-4-13(5-12)16-7-25-11-33-16/h2-5,7,9-11,15,19H,6,8H2,1H3/t15-,19-,24+/m1/s1. The van der Waals surface area contributed by atoms with E-state index in [1.807, 2.05) is 6.07 Å². The van der Waals surface area contributed by atoms with Crippen LogP contribution in [0, 0.1) is 11.8 Å². The number of fused-ring (bicyclic) bond motifs is 2. The van der Waals surface area contributed by atoms with Crippen molar-refractivity contribution in [2.24, 2.45) is 18.9 Å². The quantitative estimate of drug-likeness (QED) is 0.400. The van der Waals surface area contributed by atoms with Crippen LogP contribution >= 0.6 is 0 Å². The first kappa shape index (κ1) is 18.1. The predicted octanol–water partition coefficient (Wildman–Crippen LogP) is 2.57. The van der Waals surface area contributed by atoms with Gasteiger partial charge in [0.05, 0.1) is 17.9 Å². The summed E-state index contributed by atoms with van der Waals surface area (Å²) in [7, 11) is 1.77. The summed E-state index contributed by atoms with van der Waals surface area (Å²) in [5, 5.41) is 4.32. The highest BCUT2D eigenvalue weighted by Gasteiger charge is 2.89. The van der Waals surface area contributed by atoms with Crippen molar-refractivity contribution in [1.29, 1.82) is 0 Å². The van der Waals surface area contributed by atoms with E-state index in [9.17, 15) is 4.79 Å². The predicted molar refractivity (Wildman–Crippen MR) is 118 cm³/mol. The minimum absolute atomic E-state index is 0.0749. The summed E-state index contributed by atoms with van der Waals surface area (Å²) in [5.74, 6) is 2.94. The van der Waals surface area contributed by atoms with Gasteiger partial charge in [-0.25, -0.2) is 15.0 Å². The molecule has 4 aliphatic rings. The van der Waals surface area contributed by atoms with Gasteiger partial charge >= 0.3 is 0 Å². The molecule has 10 heteroatoms. The summed E-state index contributed by atoms with van der Waals surface area (Å²) in [6, 6.07) is 8.39. The number of aromatic nitrogens is 7. The molecule has 0 unspecified atom stereocenters. The number of nitrogens with zero attached hydrogens (tertiary/aromatic N) is 7. The molecule has 5 aromatic rings. The Kier molecular flexibility index (Phi) is 3.18. The third kappa shape index (κ3) is 2.15. The van der Waals surface area contributed by atoms with Crippen molar-refractivity contribution in [3.63, 3.8) is 0 Å². The molecule has 1 aromatic carbocycles. The third-order valence-electron chi connectivity index (χ3n) is 7.56. The number of imidazole rings is 1. The van der Waals surface area contributed by atoms with Crippen LogP contribution in [0.2, 0.25) is 0 Å². The molecule has 2 saturated carbocycles. The summed E-state index contributed by atoms with van der Waals surface area (Å²) in [5.41, 5.74) is 5.65. The maximum Gasteiger partial charge on any atom is 0.280 e. The van der Waals surface area contributed by atoms with Crippen LogP contribution in [0.5, 0.6) is 0 Å². The highest BCUT2D eigenvalue weighted by molar-refractivity contribution is 5.90. The highest BCUT2D eigenvalue weighted by atomic mass is 16.5. The van der Waals surface area contributed by atoms with Crippen LogP contribution in [-0.2, 0) is 19.0 Å². The lowest BCUT2D eigenvalue weighted by atomic mass is 10.0. The van der Waals surface area contributed by atoms with E-state index in [2.05, 4.69) is 38.3 Å². The van der Waals surface area contributed by atoms with Gasteiger partial charge in [0.15, 0.2) is 29.1 Å². The molecule has 166 valence electrons. The van der Waals surface area contributed by atoms with E-state index in [4.69, 9.17) is 13.9 Å². The highest BCUT2D eigenvalue weighted by Crippen LogP contribution is 2.90. The van der Waals surface area contributed by atoms with Gasteiger partial charge in [0.1, 0.15) is 12.9 Å². The molecule has 34 heavy (non-hydrogen) atoms. The molecule has 0 N–H and O–H groups in total. The molecular formula is C24H17N7O3. The Hall–Kier alpha value is -4.34. The van der Waals surface area contributed by atoms with Crippen molar-refractivity contribution in [2.75, 3.05) is 0 Å². The van der Waals surface area contributed by atoms with E-state index in [0.29, 0.717) is 28.9 Å². The summed E-state index contributed by atoms with van der Waals surface area (Å²) < 4.78 is 14.2. The Morgan fingerprint density at radius 3 is 2.94 bits per heavy atom. The second-order valence-corrected chi connectivity index (χ2v) is 9.21. The van der Waals surface area contributed by atoms with Crippen molar-refractivity contribution >= 4 is 16.7 Å². The maximum absolute atomic E-state index is 12.8. The fourth-order valence-corrected chi connectivity index (χ4v) is 5.92. The van der Waals surface area contributed by atoms with Gasteiger partial charge in [-0.1, -0.05) is 23.4 Å². The summed E-state index contributed by atoms with van der Waals surface area (Å²) in [4.78, 5) is 29.9. The zero-order valence-corrected chi connectivity index (χ0v) is 18.0. The lowest BCUT2D eigenvalue weighted by Gasteiger charge is -2.03. The van der Waals surface area contributed by atoms with Crippen molar-refractivity contribution in [2.45, 2.75) is 18.4 Å². The number of rotatable bonds is 5. The first-order chi connectivity index (χ1) is 16.7. The maximum atomic E-state index is 12.8. The fraction of sp³-hybridized carbons (Fsp3) is 0.250. The molecule has 4 heterocycles. The topological polar surface area (TPSA) is 118 Å². The van der Waals surface area contributed by atoms with Gasteiger partial charge in [0.2, 0.25) is 5.89 Å². The van der Waals surface area contributed by atoms with Crippen molar-refractivity contribution in [1.82, 2.24) is 34.2 Å². The summed E-state index contributed by atoms with van der Waals surface area (Å²) >= 11 is 0. The Bertz CT molecular complexity index is 1720. The smallest absolute Gasteiger partial charge is 0.280 e. The van der Waals surface area contributed by atoms with Gasteiger partial charge in [0, 0.05) is 18.5 Å². The molecule has 3 atom stereocenters. The van der Waals surface area contributed by atoms with Crippen molar-refractivity contribution < 1.29 is 8.94 Å². The van der Waals surface area contributed by atoms with Gasteiger partial charge < -0.3 is 13.5 Å². The van der Waals surface area contributed by atoms with Crippen LogP contribution in [-0.4, -0.2) is 34.2 Å². The third-order valence-corrected chi connectivity index (χ3v) is 7.56. The van der Waals surface area contributed by atoms with Crippen molar-refractivity contribution in [3.8, 4) is 11.3 Å². The Morgan fingerprint density at radius 2 is 2.09 bits per heavy atom.